The molecule has 1 N–H and O–H groups in total. The second-order valence-corrected chi connectivity index (χ2v) is 5.85. The van der Waals surface area contributed by atoms with E-state index < -0.39 is 35.8 Å². The van der Waals surface area contributed by atoms with Gasteiger partial charge < -0.3 is 19.5 Å². The number of anilines is 1. The molecule has 1 aromatic heterocycles. The van der Waals surface area contributed by atoms with E-state index in [9.17, 15) is 27.6 Å². The van der Waals surface area contributed by atoms with E-state index in [0.717, 1.165) is 28.9 Å². The maximum atomic E-state index is 13.0. The van der Waals surface area contributed by atoms with Crippen LogP contribution in [0.3, 0.4) is 0 Å². The van der Waals surface area contributed by atoms with Gasteiger partial charge in [-0.1, -0.05) is 0 Å². The smallest absolute Gasteiger partial charge is 0.416 e. The second kappa shape index (κ2) is 9.87. The van der Waals surface area contributed by atoms with Crippen molar-refractivity contribution in [3.8, 4) is 5.75 Å². The number of hydrogen-bond acceptors (Lipinski definition) is 7. The van der Waals surface area contributed by atoms with Crippen molar-refractivity contribution < 1.29 is 37.0 Å². The number of esters is 1. The van der Waals surface area contributed by atoms with Gasteiger partial charge in [0.15, 0.2) is 12.3 Å². The van der Waals surface area contributed by atoms with E-state index in [2.05, 4.69) is 10.4 Å². The molecule has 1 heterocycles. The van der Waals surface area contributed by atoms with Crippen molar-refractivity contribution >= 4 is 17.6 Å². The zero-order chi connectivity index (χ0) is 22.3. The number of benzene rings is 1. The molecule has 2 rings (SSSR count). The summed E-state index contributed by atoms with van der Waals surface area (Å²) < 4.78 is 54.7. The maximum absolute atomic E-state index is 13.0. The third-order valence-electron chi connectivity index (χ3n) is 3.63. The van der Waals surface area contributed by atoms with Crippen LogP contribution in [0.1, 0.15) is 16.1 Å². The average molecular weight is 429 g/mol. The summed E-state index contributed by atoms with van der Waals surface area (Å²) in [6.45, 7) is -0.576. The number of amides is 1. The summed E-state index contributed by atoms with van der Waals surface area (Å²) in [5.74, 6) is -1.90. The number of carbonyl (C=O) groups is 2. The topological polar surface area (TPSA) is 109 Å². The number of hydrogen-bond donors (Lipinski definition) is 1. The van der Waals surface area contributed by atoms with Gasteiger partial charge in [-0.2, -0.15) is 18.3 Å². The minimum atomic E-state index is -4.63. The van der Waals surface area contributed by atoms with Gasteiger partial charge in [-0.25, -0.2) is 9.48 Å². The molecule has 0 spiro atoms. The van der Waals surface area contributed by atoms with Crippen molar-refractivity contribution in [2.75, 3.05) is 32.2 Å². The van der Waals surface area contributed by atoms with Crippen LogP contribution in [0.4, 0.5) is 18.9 Å². The van der Waals surface area contributed by atoms with Crippen LogP contribution in [-0.4, -0.2) is 48.6 Å². The Kier molecular flexibility index (Phi) is 7.53. The number of carbonyl (C=O) groups excluding carboxylic acids is 2. The van der Waals surface area contributed by atoms with Gasteiger partial charge >= 0.3 is 12.1 Å². The highest BCUT2D eigenvalue weighted by Gasteiger charge is 2.31. The number of aryl methyl sites for hydroxylation is 1. The summed E-state index contributed by atoms with van der Waals surface area (Å²) in [4.78, 5) is 35.3. The van der Waals surface area contributed by atoms with Gasteiger partial charge in [-0.3, -0.25) is 9.59 Å². The van der Waals surface area contributed by atoms with Gasteiger partial charge in [0.25, 0.3) is 11.5 Å². The van der Waals surface area contributed by atoms with Crippen LogP contribution < -0.4 is 15.6 Å². The molecule has 162 valence electrons. The van der Waals surface area contributed by atoms with E-state index in [4.69, 9.17) is 14.2 Å². The highest BCUT2D eigenvalue weighted by atomic mass is 19.4. The predicted molar refractivity (Wildman–Crippen MR) is 97.2 cm³/mol. The van der Waals surface area contributed by atoms with E-state index >= 15 is 0 Å². The number of nitrogens with zero attached hydrogens (tertiary/aromatic N) is 2. The second-order valence-electron chi connectivity index (χ2n) is 5.85. The standard InChI is InChI=1S/C18H18F3N3O6/c1-24-16(26)6-4-12(23-24)17(27)30-10-15(25)22-13-9-11(18(19,20)21)3-5-14(13)29-8-7-28-2/h3-6,9H,7-8,10H2,1-2H3,(H,22,25). The third-order valence-corrected chi connectivity index (χ3v) is 3.63. The Hall–Kier alpha value is -3.41. The zero-order valence-electron chi connectivity index (χ0n) is 16.0. The van der Waals surface area contributed by atoms with Crippen LogP contribution >= 0.6 is 0 Å². The summed E-state index contributed by atoms with van der Waals surface area (Å²) in [5.41, 5.74) is -1.91. The van der Waals surface area contributed by atoms with Crippen LogP contribution in [0.15, 0.2) is 35.1 Å². The molecule has 0 radical (unpaired) electrons. The quantitative estimate of drug-likeness (QED) is 0.502. The van der Waals surface area contributed by atoms with Crippen molar-refractivity contribution in [3.05, 3.63) is 51.9 Å². The number of nitrogens with one attached hydrogen (secondary N) is 1. The number of halogens is 3. The Labute approximate surface area is 168 Å². The molecule has 9 nitrogen and oxygen atoms in total. The van der Waals surface area contributed by atoms with Crippen LogP contribution in [0.25, 0.3) is 0 Å². The minimum absolute atomic E-state index is 0.0144. The molecule has 0 atom stereocenters. The van der Waals surface area contributed by atoms with Gasteiger partial charge in [0.05, 0.1) is 17.9 Å². The Balaban J connectivity index is 2.08. The Morgan fingerprint density at radius 2 is 1.90 bits per heavy atom. The first-order valence-corrected chi connectivity index (χ1v) is 8.46. The summed E-state index contributed by atoms with van der Waals surface area (Å²) in [7, 11) is 2.75. The fraction of sp³-hybridized carbons (Fsp3) is 0.333. The predicted octanol–water partition coefficient (Wildman–Crippen LogP) is 1.62. The van der Waals surface area contributed by atoms with Crippen LogP contribution in [0.2, 0.25) is 0 Å². The molecular weight excluding hydrogens is 411 g/mol. The Morgan fingerprint density at radius 3 is 2.53 bits per heavy atom. The first-order valence-electron chi connectivity index (χ1n) is 8.46. The molecule has 12 heteroatoms. The summed E-state index contributed by atoms with van der Waals surface area (Å²) in [6.07, 6.45) is -4.63. The zero-order valence-corrected chi connectivity index (χ0v) is 16.0. The van der Waals surface area contributed by atoms with Crippen molar-refractivity contribution in [3.63, 3.8) is 0 Å². The highest BCUT2D eigenvalue weighted by Crippen LogP contribution is 2.35. The first-order chi connectivity index (χ1) is 14.1. The molecule has 0 saturated carbocycles. The number of ether oxygens (including phenoxy) is 3. The Bertz CT molecular complexity index is 974. The van der Waals surface area contributed by atoms with Crippen LogP contribution in [0.5, 0.6) is 5.75 Å². The Morgan fingerprint density at radius 1 is 1.17 bits per heavy atom. The molecule has 0 aliphatic carbocycles. The summed E-state index contributed by atoms with van der Waals surface area (Å²) >= 11 is 0. The number of alkyl halides is 3. The molecule has 0 aliphatic heterocycles. The highest BCUT2D eigenvalue weighted by molar-refractivity contribution is 5.95. The molecule has 0 unspecified atom stereocenters. The molecule has 1 amide bonds. The van der Waals surface area contributed by atoms with E-state index in [1.807, 2.05) is 0 Å². The maximum Gasteiger partial charge on any atom is 0.416 e. The van der Waals surface area contributed by atoms with Gasteiger partial charge in [0, 0.05) is 20.2 Å². The lowest BCUT2D eigenvalue weighted by Crippen LogP contribution is -2.25. The van der Waals surface area contributed by atoms with E-state index in [1.165, 1.54) is 14.2 Å². The normalized spacial score (nSPS) is 11.1. The van der Waals surface area contributed by atoms with E-state index in [-0.39, 0.29) is 30.3 Å². The molecule has 0 bridgehead atoms. The van der Waals surface area contributed by atoms with E-state index in [1.54, 1.807) is 0 Å². The molecule has 0 fully saturated rings. The lowest BCUT2D eigenvalue weighted by Gasteiger charge is -2.15. The van der Waals surface area contributed by atoms with Crippen molar-refractivity contribution in [2.45, 2.75) is 6.18 Å². The molecule has 2 aromatic rings. The largest absolute Gasteiger partial charge is 0.489 e. The number of methoxy groups -OCH3 is 1. The van der Waals surface area contributed by atoms with Gasteiger partial charge in [-0.15, -0.1) is 0 Å². The number of aromatic nitrogens is 2. The number of rotatable bonds is 8. The first kappa shape index (κ1) is 22.9. The van der Waals surface area contributed by atoms with Crippen LogP contribution in [-0.2, 0) is 27.5 Å². The fourth-order valence-corrected chi connectivity index (χ4v) is 2.17. The molecule has 1 aromatic carbocycles. The molecule has 30 heavy (non-hydrogen) atoms. The monoisotopic (exact) mass is 429 g/mol. The SMILES string of the molecule is COCCOc1ccc(C(F)(F)F)cc1NC(=O)COC(=O)c1ccc(=O)n(C)n1. The van der Waals surface area contributed by atoms with Gasteiger partial charge in [-0.05, 0) is 24.3 Å². The van der Waals surface area contributed by atoms with Crippen molar-refractivity contribution in [2.24, 2.45) is 7.05 Å². The molecule has 0 aliphatic rings. The lowest BCUT2D eigenvalue weighted by atomic mass is 10.1. The van der Waals surface area contributed by atoms with Gasteiger partial charge in [0.1, 0.15) is 12.4 Å². The average Bonchev–Trinajstić information content (AvgIpc) is 2.68. The van der Waals surface area contributed by atoms with Crippen LogP contribution in [0, 0.1) is 0 Å². The van der Waals surface area contributed by atoms with E-state index in [0.29, 0.717) is 6.07 Å². The summed E-state index contributed by atoms with van der Waals surface area (Å²) in [5, 5.41) is 5.89. The fourth-order valence-electron chi connectivity index (χ4n) is 2.17. The van der Waals surface area contributed by atoms with Crippen molar-refractivity contribution in [1.29, 1.82) is 0 Å². The molecule has 0 saturated heterocycles. The summed E-state index contributed by atoms with van der Waals surface area (Å²) in [6, 6.07) is 4.79. The minimum Gasteiger partial charge on any atom is -0.489 e. The molecular formula is C18H18F3N3O6. The third kappa shape index (κ3) is 6.30. The lowest BCUT2D eigenvalue weighted by molar-refractivity contribution is -0.137. The van der Waals surface area contributed by atoms with Crippen molar-refractivity contribution in [1.82, 2.24) is 9.78 Å². The van der Waals surface area contributed by atoms with Gasteiger partial charge in [0.2, 0.25) is 0 Å².